The Balaban J connectivity index is 2.31. The number of aliphatic hydroxyl groups excluding tert-OH is 3. The predicted octanol–water partition coefficient (Wildman–Crippen LogP) is -2.85. The molecule has 2 heterocycles. The van der Waals surface area contributed by atoms with Gasteiger partial charge in [-0.2, -0.15) is 5.26 Å². The SMILES string of the molecule is N#Cc1cc[n+](C2OC(CO)C(O)C2O)[nH]c1=O. The third kappa shape index (κ3) is 2.00. The highest BCUT2D eigenvalue weighted by Crippen LogP contribution is 2.24. The molecule has 0 aliphatic carbocycles. The number of ether oxygens (including phenoxy) is 1. The van der Waals surface area contributed by atoms with Crippen LogP contribution in [0.25, 0.3) is 0 Å². The van der Waals surface area contributed by atoms with E-state index in [4.69, 9.17) is 15.1 Å². The van der Waals surface area contributed by atoms with Crippen LogP contribution in [-0.4, -0.2) is 45.3 Å². The van der Waals surface area contributed by atoms with Crippen molar-refractivity contribution in [1.82, 2.24) is 5.10 Å². The Morgan fingerprint density at radius 2 is 2.22 bits per heavy atom. The van der Waals surface area contributed by atoms with Gasteiger partial charge in [0.25, 0.3) is 0 Å². The van der Waals surface area contributed by atoms with E-state index in [1.807, 2.05) is 0 Å². The minimum Gasteiger partial charge on any atom is -0.394 e. The van der Waals surface area contributed by atoms with Crippen molar-refractivity contribution in [3.63, 3.8) is 0 Å². The monoisotopic (exact) mass is 254 g/mol. The normalized spacial score (nSPS) is 31.2. The van der Waals surface area contributed by atoms with Crippen LogP contribution in [-0.2, 0) is 4.74 Å². The van der Waals surface area contributed by atoms with Crippen LogP contribution in [0.5, 0.6) is 0 Å². The van der Waals surface area contributed by atoms with Crippen LogP contribution in [0.1, 0.15) is 11.8 Å². The zero-order valence-electron chi connectivity index (χ0n) is 9.22. The number of aromatic nitrogens is 2. The Morgan fingerprint density at radius 3 is 2.72 bits per heavy atom. The van der Waals surface area contributed by atoms with E-state index < -0.39 is 36.7 Å². The average molecular weight is 254 g/mol. The summed E-state index contributed by atoms with van der Waals surface area (Å²) in [4.78, 5) is 11.4. The Hall–Kier alpha value is -1.79. The van der Waals surface area contributed by atoms with Gasteiger partial charge >= 0.3 is 11.8 Å². The summed E-state index contributed by atoms with van der Waals surface area (Å²) < 4.78 is 6.36. The molecule has 1 aliphatic heterocycles. The maximum absolute atomic E-state index is 11.4. The van der Waals surface area contributed by atoms with Crippen LogP contribution in [0.3, 0.4) is 0 Å². The highest BCUT2D eigenvalue weighted by atomic mass is 16.6. The van der Waals surface area contributed by atoms with Crippen LogP contribution < -0.4 is 10.2 Å². The van der Waals surface area contributed by atoms with Crippen LogP contribution >= 0.6 is 0 Å². The van der Waals surface area contributed by atoms with Crippen molar-refractivity contribution in [3.05, 3.63) is 28.2 Å². The first-order valence-corrected chi connectivity index (χ1v) is 5.25. The Labute approximate surface area is 101 Å². The first kappa shape index (κ1) is 12.7. The number of hydrogen-bond donors (Lipinski definition) is 4. The molecular weight excluding hydrogens is 242 g/mol. The first-order valence-electron chi connectivity index (χ1n) is 5.25. The molecule has 8 nitrogen and oxygen atoms in total. The molecule has 18 heavy (non-hydrogen) atoms. The van der Waals surface area contributed by atoms with Gasteiger partial charge in [0.1, 0.15) is 23.8 Å². The predicted molar refractivity (Wildman–Crippen MR) is 55.0 cm³/mol. The third-order valence-electron chi connectivity index (χ3n) is 2.79. The van der Waals surface area contributed by atoms with E-state index in [-0.39, 0.29) is 5.56 Å². The highest BCUT2D eigenvalue weighted by molar-refractivity contribution is 5.21. The van der Waals surface area contributed by atoms with Crippen LogP contribution in [0.2, 0.25) is 0 Å². The molecule has 1 aromatic heterocycles. The fraction of sp³-hybridized carbons (Fsp3) is 0.500. The van der Waals surface area contributed by atoms with Crippen molar-refractivity contribution in [2.24, 2.45) is 0 Å². The van der Waals surface area contributed by atoms with Gasteiger partial charge in [-0.3, -0.25) is 4.79 Å². The molecule has 4 atom stereocenters. The Kier molecular flexibility index (Phi) is 3.40. The number of H-pyrrole nitrogens is 1. The van der Waals surface area contributed by atoms with Crippen molar-refractivity contribution in [2.75, 3.05) is 6.61 Å². The number of aromatic amines is 1. The van der Waals surface area contributed by atoms with Crippen molar-refractivity contribution >= 4 is 0 Å². The molecular formula is C10H12N3O5+. The summed E-state index contributed by atoms with van der Waals surface area (Å²) in [6, 6.07) is 2.97. The van der Waals surface area contributed by atoms with Gasteiger partial charge in [0.15, 0.2) is 12.3 Å². The zero-order chi connectivity index (χ0) is 13.3. The van der Waals surface area contributed by atoms with Crippen LogP contribution in [0.4, 0.5) is 0 Å². The number of nitriles is 1. The van der Waals surface area contributed by atoms with Gasteiger partial charge in [-0.15, -0.1) is 5.10 Å². The molecule has 1 fully saturated rings. The summed E-state index contributed by atoms with van der Waals surface area (Å²) in [6.07, 6.45) is -3.11. The largest absolute Gasteiger partial charge is 0.394 e. The van der Waals surface area contributed by atoms with Gasteiger partial charge in [0, 0.05) is 6.07 Å². The Morgan fingerprint density at radius 1 is 1.50 bits per heavy atom. The molecule has 96 valence electrons. The number of rotatable bonds is 2. The summed E-state index contributed by atoms with van der Waals surface area (Å²) in [7, 11) is 0. The van der Waals surface area contributed by atoms with Crippen molar-refractivity contribution in [2.45, 2.75) is 24.5 Å². The number of hydrogen-bond acceptors (Lipinski definition) is 6. The minimum atomic E-state index is -1.28. The first-order chi connectivity index (χ1) is 8.58. The summed E-state index contributed by atoms with van der Waals surface area (Å²) in [6.45, 7) is -0.449. The van der Waals surface area contributed by atoms with E-state index in [9.17, 15) is 15.0 Å². The standard InChI is InChI=1S/C10H11N3O5/c11-3-5-1-2-13(12-9(5)17)10-8(16)7(15)6(4-14)18-10/h1-2,6-8,10,14-16H,4H2/p+1. The molecule has 0 bridgehead atoms. The molecule has 0 radical (unpaired) electrons. The van der Waals surface area contributed by atoms with Crippen LogP contribution in [0.15, 0.2) is 17.1 Å². The van der Waals surface area contributed by atoms with Crippen molar-refractivity contribution in [3.8, 4) is 6.07 Å². The lowest BCUT2D eigenvalue weighted by molar-refractivity contribution is -0.815. The third-order valence-corrected chi connectivity index (χ3v) is 2.79. The maximum Gasteiger partial charge on any atom is 0.315 e. The molecule has 1 saturated heterocycles. The zero-order valence-corrected chi connectivity index (χ0v) is 9.22. The second-order valence-corrected chi connectivity index (χ2v) is 3.92. The summed E-state index contributed by atoms with van der Waals surface area (Å²) in [5.74, 6) is 0. The fourth-order valence-electron chi connectivity index (χ4n) is 1.79. The molecule has 0 spiro atoms. The maximum atomic E-state index is 11.4. The Bertz CT molecular complexity index is 537. The van der Waals surface area contributed by atoms with Gasteiger partial charge in [-0.05, 0) is 0 Å². The second kappa shape index (κ2) is 4.83. The van der Waals surface area contributed by atoms with Gasteiger partial charge in [0.05, 0.1) is 6.61 Å². The topological polar surface area (TPSA) is 130 Å². The molecule has 0 saturated carbocycles. The lowest BCUT2D eigenvalue weighted by Gasteiger charge is -2.08. The second-order valence-electron chi connectivity index (χ2n) is 3.92. The molecule has 8 heteroatoms. The van der Waals surface area contributed by atoms with Gasteiger partial charge < -0.3 is 20.1 Å². The van der Waals surface area contributed by atoms with E-state index in [2.05, 4.69) is 5.10 Å². The smallest absolute Gasteiger partial charge is 0.315 e. The average Bonchev–Trinajstić information content (AvgIpc) is 2.66. The summed E-state index contributed by atoms with van der Waals surface area (Å²) in [5.41, 5.74) is -0.698. The van der Waals surface area contributed by atoms with Gasteiger partial charge in [-0.25, -0.2) is 0 Å². The van der Waals surface area contributed by atoms with E-state index in [1.165, 1.54) is 12.3 Å². The lowest BCUT2D eigenvalue weighted by Crippen LogP contribution is -2.51. The van der Waals surface area contributed by atoms with Crippen LogP contribution in [0, 0.1) is 11.3 Å². The molecule has 2 rings (SSSR count). The van der Waals surface area contributed by atoms with Crippen molar-refractivity contribution in [1.29, 1.82) is 5.26 Å². The lowest BCUT2D eigenvalue weighted by atomic mass is 10.1. The molecule has 1 aromatic rings. The van der Waals surface area contributed by atoms with E-state index in [0.717, 1.165) is 4.68 Å². The van der Waals surface area contributed by atoms with Gasteiger partial charge in [0.2, 0.25) is 0 Å². The quantitative estimate of drug-likeness (QED) is 0.420. The minimum absolute atomic E-state index is 0.0713. The van der Waals surface area contributed by atoms with Crippen molar-refractivity contribution < 1.29 is 24.7 Å². The molecule has 1 aliphatic rings. The molecule has 4 unspecified atom stereocenters. The molecule has 4 N–H and O–H groups in total. The fourth-order valence-corrected chi connectivity index (χ4v) is 1.79. The van der Waals surface area contributed by atoms with E-state index >= 15 is 0 Å². The summed E-state index contributed by atoms with van der Waals surface area (Å²) >= 11 is 0. The van der Waals surface area contributed by atoms with Gasteiger partial charge in [-0.1, -0.05) is 4.68 Å². The molecule has 0 amide bonds. The molecule has 0 aromatic carbocycles. The summed E-state index contributed by atoms with van der Waals surface area (Å²) in [5, 5.41) is 39.2. The van der Waals surface area contributed by atoms with E-state index in [1.54, 1.807) is 6.07 Å². The number of aliphatic hydroxyl groups is 3. The number of nitrogens with zero attached hydrogens (tertiary/aromatic N) is 2. The highest BCUT2D eigenvalue weighted by Gasteiger charge is 2.48. The number of nitrogens with one attached hydrogen (secondary N) is 1. The van der Waals surface area contributed by atoms with E-state index in [0.29, 0.717) is 0 Å².